The van der Waals surface area contributed by atoms with Crippen LogP contribution in [0, 0.1) is 17.0 Å². The first-order valence-electron chi connectivity index (χ1n) is 6.58. The van der Waals surface area contributed by atoms with Crippen molar-refractivity contribution in [3.8, 4) is 0 Å². The predicted molar refractivity (Wildman–Crippen MR) is 73.5 cm³/mol. The Balaban J connectivity index is 2.29. The number of morpholine rings is 1. The van der Waals surface area contributed by atoms with Crippen LogP contribution in [0.4, 0.5) is 5.69 Å². The van der Waals surface area contributed by atoms with Crippen LogP contribution in [0.5, 0.6) is 0 Å². The molecule has 1 amide bonds. The van der Waals surface area contributed by atoms with Crippen LogP contribution in [0.1, 0.15) is 23.0 Å². The summed E-state index contributed by atoms with van der Waals surface area (Å²) in [5.74, 6) is -1.65. The number of pyridine rings is 1. The third kappa shape index (κ3) is 3.19. The number of nitro groups is 1. The summed E-state index contributed by atoms with van der Waals surface area (Å²) in [6.45, 7) is 3.33. The van der Waals surface area contributed by atoms with Crippen molar-refractivity contribution in [1.82, 2.24) is 9.88 Å². The molecule has 2 rings (SSSR count). The first kappa shape index (κ1) is 15.8. The maximum absolute atomic E-state index is 12.5. The smallest absolute Gasteiger partial charge is 0.334 e. The molecule has 9 nitrogen and oxygen atoms in total. The molecule has 22 heavy (non-hydrogen) atoms. The molecule has 0 aromatic carbocycles. The van der Waals surface area contributed by atoms with E-state index in [1.807, 2.05) is 0 Å². The van der Waals surface area contributed by atoms with Gasteiger partial charge in [0, 0.05) is 12.6 Å². The van der Waals surface area contributed by atoms with Crippen LogP contribution in [0.3, 0.4) is 0 Å². The van der Waals surface area contributed by atoms with Crippen molar-refractivity contribution < 1.29 is 24.4 Å². The monoisotopic (exact) mass is 309 g/mol. The van der Waals surface area contributed by atoms with Gasteiger partial charge in [0.2, 0.25) is 0 Å². The average molecular weight is 309 g/mol. The zero-order valence-electron chi connectivity index (χ0n) is 12.1. The SMILES string of the molecule is Cc1ncc([N+](=O)[O-])cc1C(=O)N1CC(C(=O)O)O[C@H](C)C1. The highest BCUT2D eigenvalue weighted by atomic mass is 16.6. The standard InChI is InChI=1S/C13H15N3O6/c1-7-5-15(6-11(22-7)13(18)19)12(17)10-3-9(16(20)21)4-14-8(10)2/h3-4,7,11H,5-6H2,1-2H3,(H,18,19)/t7-,11?/m1/s1. The van der Waals surface area contributed by atoms with E-state index in [1.165, 1.54) is 4.90 Å². The van der Waals surface area contributed by atoms with Gasteiger partial charge in [-0.3, -0.25) is 19.9 Å². The molecular weight excluding hydrogens is 294 g/mol. The maximum atomic E-state index is 12.5. The van der Waals surface area contributed by atoms with Crippen LogP contribution in [0.15, 0.2) is 12.3 Å². The zero-order chi connectivity index (χ0) is 16.4. The molecule has 0 radical (unpaired) electrons. The van der Waals surface area contributed by atoms with Crippen molar-refractivity contribution >= 4 is 17.6 Å². The Morgan fingerprint density at radius 2 is 2.18 bits per heavy atom. The molecule has 1 unspecified atom stereocenters. The Hall–Kier alpha value is -2.55. The quantitative estimate of drug-likeness (QED) is 0.641. The van der Waals surface area contributed by atoms with Crippen molar-refractivity contribution in [2.24, 2.45) is 0 Å². The highest BCUT2D eigenvalue weighted by molar-refractivity contribution is 5.96. The molecule has 0 saturated carbocycles. The third-order valence-electron chi connectivity index (χ3n) is 3.34. The summed E-state index contributed by atoms with van der Waals surface area (Å²) in [4.78, 5) is 38.9. The lowest BCUT2D eigenvalue weighted by molar-refractivity contribution is -0.385. The fourth-order valence-corrected chi connectivity index (χ4v) is 2.26. The molecular formula is C13H15N3O6. The first-order valence-corrected chi connectivity index (χ1v) is 6.58. The van der Waals surface area contributed by atoms with E-state index in [9.17, 15) is 19.7 Å². The third-order valence-corrected chi connectivity index (χ3v) is 3.34. The topological polar surface area (TPSA) is 123 Å². The molecule has 1 aromatic rings. The van der Waals surface area contributed by atoms with Gasteiger partial charge in [0.05, 0.1) is 28.8 Å². The molecule has 1 saturated heterocycles. The number of hydrogen-bond donors (Lipinski definition) is 1. The van der Waals surface area contributed by atoms with Gasteiger partial charge in [-0.1, -0.05) is 0 Å². The summed E-state index contributed by atoms with van der Waals surface area (Å²) in [6.07, 6.45) is -0.473. The van der Waals surface area contributed by atoms with Gasteiger partial charge in [-0.25, -0.2) is 4.79 Å². The minimum Gasteiger partial charge on any atom is -0.479 e. The van der Waals surface area contributed by atoms with Crippen LogP contribution in [-0.2, 0) is 9.53 Å². The lowest BCUT2D eigenvalue weighted by atomic mass is 10.1. The number of carbonyl (C=O) groups is 2. The maximum Gasteiger partial charge on any atom is 0.334 e. The molecule has 1 aliphatic heterocycles. The molecule has 2 heterocycles. The molecule has 1 fully saturated rings. The van der Waals surface area contributed by atoms with Crippen molar-refractivity contribution in [1.29, 1.82) is 0 Å². The van der Waals surface area contributed by atoms with Crippen LogP contribution in [0.2, 0.25) is 0 Å². The highest BCUT2D eigenvalue weighted by Crippen LogP contribution is 2.19. The summed E-state index contributed by atoms with van der Waals surface area (Å²) in [7, 11) is 0. The van der Waals surface area contributed by atoms with Gasteiger partial charge < -0.3 is 14.7 Å². The number of hydrogen-bond acceptors (Lipinski definition) is 6. The summed E-state index contributed by atoms with van der Waals surface area (Å²) >= 11 is 0. The number of aryl methyl sites for hydroxylation is 1. The molecule has 118 valence electrons. The lowest BCUT2D eigenvalue weighted by Gasteiger charge is -2.35. The average Bonchev–Trinajstić information content (AvgIpc) is 2.46. The molecule has 0 aliphatic carbocycles. The Morgan fingerprint density at radius 3 is 2.77 bits per heavy atom. The molecule has 1 N–H and O–H groups in total. The molecule has 0 bridgehead atoms. The van der Waals surface area contributed by atoms with E-state index in [1.54, 1.807) is 13.8 Å². The summed E-state index contributed by atoms with van der Waals surface area (Å²) in [6, 6.07) is 1.15. The van der Waals surface area contributed by atoms with E-state index in [2.05, 4.69) is 4.98 Å². The van der Waals surface area contributed by atoms with Gasteiger partial charge in [0.15, 0.2) is 6.10 Å². The van der Waals surface area contributed by atoms with Gasteiger partial charge in [-0.05, 0) is 13.8 Å². The van der Waals surface area contributed by atoms with E-state index in [4.69, 9.17) is 9.84 Å². The van der Waals surface area contributed by atoms with Crippen LogP contribution >= 0.6 is 0 Å². The number of carboxylic acid groups (broad SMARTS) is 1. The number of amides is 1. The predicted octanol–water partition coefficient (Wildman–Crippen LogP) is 0.612. The van der Waals surface area contributed by atoms with Crippen molar-refractivity contribution in [3.05, 3.63) is 33.6 Å². The highest BCUT2D eigenvalue weighted by Gasteiger charge is 2.34. The van der Waals surface area contributed by atoms with E-state index in [-0.39, 0.29) is 24.3 Å². The minimum absolute atomic E-state index is 0.0902. The van der Waals surface area contributed by atoms with Crippen molar-refractivity contribution in [2.75, 3.05) is 13.1 Å². The minimum atomic E-state index is -1.15. The number of carboxylic acids is 1. The first-order chi connectivity index (χ1) is 10.3. The molecule has 1 aromatic heterocycles. The number of nitrogens with zero attached hydrogens (tertiary/aromatic N) is 3. The number of rotatable bonds is 3. The van der Waals surface area contributed by atoms with Gasteiger partial charge in [0.25, 0.3) is 11.6 Å². The van der Waals surface area contributed by atoms with E-state index >= 15 is 0 Å². The second-order valence-corrected chi connectivity index (χ2v) is 5.07. The van der Waals surface area contributed by atoms with E-state index < -0.39 is 29.0 Å². The van der Waals surface area contributed by atoms with Crippen molar-refractivity contribution in [3.63, 3.8) is 0 Å². The normalized spacial score (nSPS) is 21.5. The Bertz CT molecular complexity index is 632. The fourth-order valence-electron chi connectivity index (χ4n) is 2.26. The lowest BCUT2D eigenvalue weighted by Crippen LogP contribution is -2.51. The molecule has 1 aliphatic rings. The zero-order valence-corrected chi connectivity index (χ0v) is 12.1. The van der Waals surface area contributed by atoms with Gasteiger partial charge >= 0.3 is 5.97 Å². The Labute approximate surface area is 125 Å². The van der Waals surface area contributed by atoms with Gasteiger partial charge in [-0.2, -0.15) is 0 Å². The second-order valence-electron chi connectivity index (χ2n) is 5.07. The van der Waals surface area contributed by atoms with Crippen LogP contribution < -0.4 is 0 Å². The van der Waals surface area contributed by atoms with Gasteiger partial charge in [-0.15, -0.1) is 0 Å². The largest absolute Gasteiger partial charge is 0.479 e. The number of aliphatic carboxylic acids is 1. The van der Waals surface area contributed by atoms with E-state index in [0.717, 1.165) is 12.3 Å². The Morgan fingerprint density at radius 1 is 1.50 bits per heavy atom. The number of ether oxygens (including phenoxy) is 1. The Kier molecular flexibility index (Phi) is 4.36. The van der Waals surface area contributed by atoms with Gasteiger partial charge in [0.1, 0.15) is 6.20 Å². The van der Waals surface area contributed by atoms with Crippen LogP contribution in [0.25, 0.3) is 0 Å². The molecule has 2 atom stereocenters. The number of carbonyl (C=O) groups excluding carboxylic acids is 1. The van der Waals surface area contributed by atoms with Crippen LogP contribution in [-0.4, -0.2) is 57.1 Å². The fraction of sp³-hybridized carbons (Fsp3) is 0.462. The summed E-state index contributed by atoms with van der Waals surface area (Å²) in [5, 5.41) is 19.8. The summed E-state index contributed by atoms with van der Waals surface area (Å²) < 4.78 is 5.24. The summed E-state index contributed by atoms with van der Waals surface area (Å²) in [5.41, 5.74) is 0.152. The van der Waals surface area contributed by atoms with E-state index in [0.29, 0.717) is 5.69 Å². The second kappa shape index (κ2) is 6.06. The molecule has 0 spiro atoms. The molecule has 9 heteroatoms. The number of aromatic nitrogens is 1. The van der Waals surface area contributed by atoms with Crippen molar-refractivity contribution in [2.45, 2.75) is 26.1 Å².